The highest BCUT2D eigenvalue weighted by Gasteiger charge is 2.26. The summed E-state index contributed by atoms with van der Waals surface area (Å²) in [4.78, 5) is -1.05. The van der Waals surface area contributed by atoms with Gasteiger partial charge in [0.15, 0.2) is 0 Å². The normalized spacial score (nSPS) is 12.7. The topological polar surface area (TPSA) is 220 Å². The molecule has 0 unspecified atom stereocenters. The quantitative estimate of drug-likeness (QED) is 0.0743. The molecule has 0 bridgehead atoms. The Morgan fingerprint density at radius 3 is 1.30 bits per heavy atom. The molecule has 0 aliphatic carbocycles. The number of benzene rings is 2. The first kappa shape index (κ1) is 32.5. The number of hydrogen-bond acceptors (Lipinski definition) is 14. The van der Waals surface area contributed by atoms with E-state index in [9.17, 15) is 34.4 Å². The second kappa shape index (κ2) is 13.5. The van der Waals surface area contributed by atoms with Crippen LogP contribution in [0.15, 0.2) is 34.1 Å². The van der Waals surface area contributed by atoms with Crippen LogP contribution in [0.5, 0.6) is 0 Å². The zero-order chi connectivity index (χ0) is 28.0. The zero-order valence-electron chi connectivity index (χ0n) is 17.8. The molecule has 0 saturated heterocycles. The van der Waals surface area contributed by atoms with Crippen LogP contribution in [0.3, 0.4) is 0 Å². The molecule has 0 saturated carbocycles. The summed E-state index contributed by atoms with van der Waals surface area (Å²) in [6, 6.07) is 3.87. The molecule has 0 aromatic heterocycles. The fourth-order valence-electron chi connectivity index (χ4n) is 2.91. The first-order valence-corrected chi connectivity index (χ1v) is 16.3. The lowest BCUT2D eigenvalue weighted by molar-refractivity contribution is -0.432. The van der Waals surface area contributed by atoms with E-state index in [1.807, 2.05) is 0 Å². The Labute approximate surface area is 229 Å². The van der Waals surface area contributed by atoms with E-state index >= 15 is 0 Å². The van der Waals surface area contributed by atoms with E-state index in [1.54, 1.807) is 0 Å². The smallest absolute Gasteiger partial charge is 0.269 e. The molecule has 2 aromatic carbocycles. The Bertz CT molecular complexity index is 1360. The fourth-order valence-corrected chi connectivity index (χ4v) is 7.31. The lowest BCUT2D eigenvalue weighted by Crippen LogP contribution is -2.11. The van der Waals surface area contributed by atoms with E-state index < -0.39 is 67.5 Å². The molecule has 0 amide bonds. The lowest BCUT2D eigenvalue weighted by atomic mass is 10.1. The molecular formula is C16H16Cl2O14S5. The Morgan fingerprint density at radius 1 is 0.649 bits per heavy atom. The summed E-state index contributed by atoms with van der Waals surface area (Å²) in [5, 5.41) is 23.1. The first-order chi connectivity index (χ1) is 17.1. The number of sulfone groups is 1. The number of hydrogen-bond donors (Lipinski definition) is 4. The number of halogens is 2. The molecule has 0 heterocycles. The summed E-state index contributed by atoms with van der Waals surface area (Å²) in [6.07, 6.45) is 0. The van der Waals surface area contributed by atoms with Gasteiger partial charge in [-0.3, -0.25) is 9.11 Å². The second-order valence-corrected chi connectivity index (χ2v) is 13.8. The summed E-state index contributed by atoms with van der Waals surface area (Å²) in [5.74, 6) is -2.62. The largest absolute Gasteiger partial charge is 0.285 e. The number of rotatable bonds is 14. The van der Waals surface area contributed by atoms with Crippen LogP contribution in [0.2, 0.25) is 10.0 Å². The van der Waals surface area contributed by atoms with Crippen LogP contribution < -0.4 is 0 Å². The summed E-state index contributed by atoms with van der Waals surface area (Å²) >= 11 is 13.4. The van der Waals surface area contributed by atoms with Gasteiger partial charge in [0.05, 0.1) is 9.79 Å². The van der Waals surface area contributed by atoms with Crippen molar-refractivity contribution in [2.24, 2.45) is 0 Å². The van der Waals surface area contributed by atoms with Gasteiger partial charge in [-0.2, -0.15) is 16.8 Å². The van der Waals surface area contributed by atoms with Crippen LogP contribution in [-0.2, 0) is 71.8 Å². The minimum atomic E-state index is -4.74. The third-order valence-electron chi connectivity index (χ3n) is 4.28. The van der Waals surface area contributed by atoms with E-state index in [4.69, 9.17) is 33.7 Å². The predicted octanol–water partition coefficient (Wildman–Crippen LogP) is 3.74. The van der Waals surface area contributed by atoms with E-state index in [0.29, 0.717) is 24.1 Å². The molecule has 0 atom stereocenters. The molecule has 208 valence electrons. The van der Waals surface area contributed by atoms with Gasteiger partial charge < -0.3 is 0 Å². The predicted molar refractivity (Wildman–Crippen MR) is 131 cm³/mol. The molecule has 14 nitrogen and oxygen atoms in total. The van der Waals surface area contributed by atoms with Crippen molar-refractivity contribution in [3.63, 3.8) is 0 Å². The molecule has 0 aliphatic heterocycles. The van der Waals surface area contributed by atoms with Gasteiger partial charge in [-0.25, -0.2) is 18.9 Å². The van der Waals surface area contributed by atoms with Crippen LogP contribution in [-0.4, -0.2) is 44.9 Å². The molecule has 2 aromatic rings. The Kier molecular flexibility index (Phi) is 11.9. The van der Waals surface area contributed by atoms with Crippen LogP contribution in [0.1, 0.15) is 22.3 Å². The Morgan fingerprint density at radius 2 is 0.973 bits per heavy atom. The van der Waals surface area contributed by atoms with Crippen LogP contribution in [0.25, 0.3) is 0 Å². The molecule has 21 heteroatoms. The van der Waals surface area contributed by atoms with Gasteiger partial charge in [0.25, 0.3) is 20.2 Å². The van der Waals surface area contributed by atoms with E-state index in [1.165, 1.54) is 0 Å². The molecule has 0 radical (unpaired) electrons. The lowest BCUT2D eigenvalue weighted by Gasteiger charge is -2.15. The Balaban J connectivity index is 2.73. The standard InChI is InChI=1S/C16H16Cl2O14S5/c17-15-9(5-33-31-29-19)1-13(2-10(15)6-34-32-30-20)37(27,28)14-3-11(7-35(21,22)23)16(18)12(4-14)8-36(24,25)26/h1-4,19-20H,5-8H2,(H,21,22,23)(H,24,25,26). The monoisotopic (exact) mass is 662 g/mol. The Hall–Kier alpha value is -0.750. The fraction of sp³-hybridized carbons (Fsp3) is 0.250. The van der Waals surface area contributed by atoms with Crippen molar-refractivity contribution in [1.82, 2.24) is 0 Å². The SMILES string of the molecule is O=S(=O)(O)Cc1cc(S(=O)(=O)c2cc(CSOOO)c(Cl)c(CSOOO)c2)cc(CS(=O)(=O)O)c1Cl. The minimum Gasteiger partial charge on any atom is -0.285 e. The van der Waals surface area contributed by atoms with E-state index in [0.717, 1.165) is 24.3 Å². The zero-order valence-corrected chi connectivity index (χ0v) is 23.4. The highest BCUT2D eigenvalue weighted by atomic mass is 35.5. The second-order valence-electron chi connectivity index (χ2n) is 6.88. The van der Waals surface area contributed by atoms with E-state index in [2.05, 4.69) is 18.7 Å². The van der Waals surface area contributed by atoms with Gasteiger partial charge in [0.2, 0.25) is 9.84 Å². The summed E-state index contributed by atoms with van der Waals surface area (Å²) in [6.45, 7) is 0. The minimum absolute atomic E-state index is 0.0391. The van der Waals surface area contributed by atoms with Gasteiger partial charge >= 0.3 is 0 Å². The van der Waals surface area contributed by atoms with Crippen molar-refractivity contribution in [2.75, 3.05) is 0 Å². The molecule has 4 N–H and O–H groups in total. The molecular weight excluding hydrogens is 647 g/mol. The third-order valence-corrected chi connectivity index (χ3v) is 9.48. The van der Waals surface area contributed by atoms with Crippen LogP contribution in [0.4, 0.5) is 0 Å². The van der Waals surface area contributed by atoms with Crippen molar-refractivity contribution in [1.29, 1.82) is 0 Å². The van der Waals surface area contributed by atoms with Crippen molar-refractivity contribution >= 4 is 77.4 Å². The van der Waals surface area contributed by atoms with Gasteiger partial charge in [0.1, 0.15) is 11.5 Å². The maximum Gasteiger partial charge on any atom is 0.269 e. The van der Waals surface area contributed by atoms with E-state index in [-0.39, 0.29) is 27.7 Å². The summed E-state index contributed by atoms with van der Waals surface area (Å²) in [7, 11) is -14.0. The molecule has 37 heavy (non-hydrogen) atoms. The highest BCUT2D eigenvalue weighted by molar-refractivity contribution is 7.94. The van der Waals surface area contributed by atoms with Crippen molar-refractivity contribution in [2.45, 2.75) is 32.8 Å². The first-order valence-electron chi connectivity index (χ1n) is 9.06. The maximum atomic E-state index is 13.5. The van der Waals surface area contributed by atoms with Gasteiger partial charge in [-0.05, 0) is 46.5 Å². The summed E-state index contributed by atoms with van der Waals surface area (Å²) in [5.41, 5.74) is -0.607. The van der Waals surface area contributed by atoms with Crippen molar-refractivity contribution < 1.29 is 63.6 Å². The molecule has 0 aliphatic rings. The summed E-state index contributed by atoms with van der Waals surface area (Å²) < 4.78 is 99.9. The van der Waals surface area contributed by atoms with Crippen LogP contribution >= 0.6 is 47.3 Å². The molecule has 2 rings (SSSR count). The highest BCUT2D eigenvalue weighted by Crippen LogP contribution is 2.36. The third kappa shape index (κ3) is 9.74. The van der Waals surface area contributed by atoms with Crippen LogP contribution in [0, 0.1) is 0 Å². The molecule has 0 spiro atoms. The van der Waals surface area contributed by atoms with Gasteiger partial charge in [-0.1, -0.05) is 33.3 Å². The van der Waals surface area contributed by atoms with Gasteiger partial charge in [0, 0.05) is 45.6 Å². The van der Waals surface area contributed by atoms with Crippen molar-refractivity contribution in [3.05, 3.63) is 56.6 Å². The average molecular weight is 664 g/mol. The van der Waals surface area contributed by atoms with Crippen molar-refractivity contribution in [3.8, 4) is 0 Å². The maximum absolute atomic E-state index is 13.5. The van der Waals surface area contributed by atoms with Gasteiger partial charge in [-0.15, -0.1) is 8.67 Å². The average Bonchev–Trinajstić information content (AvgIpc) is 2.76. The molecule has 0 fully saturated rings.